The summed E-state index contributed by atoms with van der Waals surface area (Å²) < 4.78 is 1.11. The van der Waals surface area contributed by atoms with Crippen molar-refractivity contribution in [2.24, 2.45) is 0 Å². The highest BCUT2D eigenvalue weighted by Gasteiger charge is 2.23. The lowest BCUT2D eigenvalue weighted by Gasteiger charge is -2.22. The molecular weight excluding hydrogens is 345 g/mol. The molecule has 6 heteroatoms. The van der Waals surface area contributed by atoms with E-state index in [1.54, 1.807) is 0 Å². The van der Waals surface area contributed by atoms with Crippen LogP contribution in [0.5, 0.6) is 0 Å². The van der Waals surface area contributed by atoms with Crippen LogP contribution >= 0.6 is 22.6 Å². The number of nitrogens with one attached hydrogen (secondary N) is 3. The van der Waals surface area contributed by atoms with Gasteiger partial charge in [-0.15, -0.1) is 0 Å². The van der Waals surface area contributed by atoms with Crippen LogP contribution in [0.2, 0.25) is 0 Å². The average Bonchev–Trinajstić information content (AvgIpc) is 2.35. The van der Waals surface area contributed by atoms with Gasteiger partial charge in [-0.1, -0.05) is 0 Å². The van der Waals surface area contributed by atoms with E-state index < -0.39 is 6.04 Å². The Kier molecular flexibility index (Phi) is 4.54. The van der Waals surface area contributed by atoms with Crippen LogP contribution in [-0.4, -0.2) is 30.9 Å². The van der Waals surface area contributed by atoms with Crippen molar-refractivity contribution in [3.8, 4) is 0 Å². The van der Waals surface area contributed by atoms with E-state index in [1.807, 2.05) is 24.3 Å². The summed E-state index contributed by atoms with van der Waals surface area (Å²) in [4.78, 5) is 23.3. The van der Waals surface area contributed by atoms with E-state index in [2.05, 4.69) is 38.5 Å². The summed E-state index contributed by atoms with van der Waals surface area (Å²) >= 11 is 2.20. The maximum Gasteiger partial charge on any atom is 0.237 e. The minimum Gasteiger partial charge on any atom is -0.353 e. The van der Waals surface area contributed by atoms with Crippen molar-refractivity contribution >= 4 is 40.1 Å². The van der Waals surface area contributed by atoms with Crippen molar-refractivity contribution in [2.45, 2.75) is 12.5 Å². The highest BCUT2D eigenvalue weighted by molar-refractivity contribution is 14.1. The summed E-state index contributed by atoms with van der Waals surface area (Å²) in [7, 11) is 0. The third kappa shape index (κ3) is 3.67. The van der Waals surface area contributed by atoms with Crippen molar-refractivity contribution in [3.63, 3.8) is 0 Å². The van der Waals surface area contributed by atoms with Crippen molar-refractivity contribution in [1.82, 2.24) is 10.6 Å². The van der Waals surface area contributed by atoms with Gasteiger partial charge < -0.3 is 16.0 Å². The fourth-order valence-electron chi connectivity index (χ4n) is 1.74. The number of piperazine rings is 1. The normalized spacial score (nSPS) is 19.2. The Balaban J connectivity index is 1.88. The number of rotatable bonds is 3. The van der Waals surface area contributed by atoms with Gasteiger partial charge in [-0.2, -0.15) is 0 Å². The van der Waals surface area contributed by atoms with Crippen LogP contribution in [0.15, 0.2) is 24.3 Å². The monoisotopic (exact) mass is 359 g/mol. The van der Waals surface area contributed by atoms with Crippen LogP contribution < -0.4 is 16.0 Å². The van der Waals surface area contributed by atoms with Crippen molar-refractivity contribution in [2.75, 3.05) is 18.4 Å². The zero-order chi connectivity index (χ0) is 13.0. The molecule has 0 aliphatic carbocycles. The molecule has 0 spiro atoms. The molecule has 3 N–H and O–H groups in total. The van der Waals surface area contributed by atoms with E-state index >= 15 is 0 Å². The Morgan fingerprint density at radius 2 is 2.06 bits per heavy atom. The van der Waals surface area contributed by atoms with Crippen LogP contribution in [-0.2, 0) is 9.59 Å². The second-order valence-electron chi connectivity index (χ2n) is 4.06. The van der Waals surface area contributed by atoms with Crippen LogP contribution in [0.25, 0.3) is 0 Å². The number of hydrogen-bond acceptors (Lipinski definition) is 3. The fraction of sp³-hybridized carbons (Fsp3) is 0.333. The molecule has 1 heterocycles. The van der Waals surface area contributed by atoms with E-state index in [0.717, 1.165) is 9.26 Å². The third-order valence-electron chi connectivity index (χ3n) is 2.65. The van der Waals surface area contributed by atoms with E-state index in [1.165, 1.54) is 0 Å². The third-order valence-corrected chi connectivity index (χ3v) is 3.37. The maximum absolute atomic E-state index is 11.8. The van der Waals surface area contributed by atoms with Gasteiger partial charge >= 0.3 is 0 Å². The molecule has 1 aromatic carbocycles. The summed E-state index contributed by atoms with van der Waals surface area (Å²) in [6, 6.07) is 7.09. The fourth-order valence-corrected chi connectivity index (χ4v) is 2.10. The molecule has 1 fully saturated rings. The predicted molar refractivity (Wildman–Crippen MR) is 77.2 cm³/mol. The molecular formula is C12H14IN3O2. The summed E-state index contributed by atoms with van der Waals surface area (Å²) in [5, 5.41) is 8.52. The minimum atomic E-state index is -0.428. The Morgan fingerprint density at radius 1 is 1.33 bits per heavy atom. The topological polar surface area (TPSA) is 70.2 Å². The first-order valence-electron chi connectivity index (χ1n) is 5.71. The first-order valence-corrected chi connectivity index (χ1v) is 6.79. The number of carbonyl (C=O) groups excluding carboxylic acids is 2. The van der Waals surface area contributed by atoms with Gasteiger partial charge in [0.25, 0.3) is 0 Å². The molecule has 1 saturated heterocycles. The van der Waals surface area contributed by atoms with E-state index in [9.17, 15) is 9.59 Å². The molecule has 0 radical (unpaired) electrons. The second kappa shape index (κ2) is 6.14. The van der Waals surface area contributed by atoms with E-state index in [4.69, 9.17) is 0 Å². The number of benzene rings is 1. The Hall–Kier alpha value is -1.15. The summed E-state index contributed by atoms with van der Waals surface area (Å²) in [6.45, 7) is 1.32. The quantitative estimate of drug-likeness (QED) is 0.697. The van der Waals surface area contributed by atoms with E-state index in [0.29, 0.717) is 13.1 Å². The number of anilines is 1. The lowest BCUT2D eigenvalue weighted by molar-refractivity contribution is -0.127. The van der Waals surface area contributed by atoms with E-state index in [-0.39, 0.29) is 18.2 Å². The SMILES string of the molecule is O=C(CC1NCCNC1=O)Nc1ccc(I)cc1. The van der Waals surface area contributed by atoms with Gasteiger partial charge in [-0.3, -0.25) is 9.59 Å². The zero-order valence-corrected chi connectivity index (χ0v) is 11.9. The molecule has 0 aromatic heterocycles. The molecule has 1 aliphatic heterocycles. The number of hydrogen-bond donors (Lipinski definition) is 3. The smallest absolute Gasteiger partial charge is 0.237 e. The van der Waals surface area contributed by atoms with Gasteiger partial charge in [-0.25, -0.2) is 0 Å². The molecule has 18 heavy (non-hydrogen) atoms. The molecule has 1 aliphatic rings. The minimum absolute atomic E-state index is 0.112. The number of halogens is 1. The number of carbonyl (C=O) groups is 2. The predicted octanol–water partition coefficient (Wildman–Crippen LogP) is 0.708. The zero-order valence-electron chi connectivity index (χ0n) is 9.70. The molecule has 0 bridgehead atoms. The van der Waals surface area contributed by atoms with Crippen LogP contribution in [0.4, 0.5) is 5.69 Å². The molecule has 2 amide bonds. The first kappa shape index (κ1) is 13.3. The molecule has 96 valence electrons. The van der Waals surface area contributed by atoms with Crippen LogP contribution in [0, 0.1) is 3.57 Å². The van der Waals surface area contributed by atoms with Crippen molar-refractivity contribution in [1.29, 1.82) is 0 Å². The lowest BCUT2D eigenvalue weighted by atomic mass is 10.1. The van der Waals surface area contributed by atoms with Gasteiger partial charge in [-0.05, 0) is 46.9 Å². The van der Waals surface area contributed by atoms with Gasteiger partial charge in [0.05, 0.1) is 12.5 Å². The highest BCUT2D eigenvalue weighted by Crippen LogP contribution is 2.11. The summed E-state index contributed by atoms with van der Waals surface area (Å²) in [5.41, 5.74) is 0.747. The maximum atomic E-state index is 11.8. The van der Waals surface area contributed by atoms with Crippen molar-refractivity contribution < 1.29 is 9.59 Å². The number of amides is 2. The van der Waals surface area contributed by atoms with Gasteiger partial charge in [0, 0.05) is 22.3 Å². The van der Waals surface area contributed by atoms with Gasteiger partial charge in [0.15, 0.2) is 0 Å². The molecule has 0 saturated carbocycles. The molecule has 1 unspecified atom stereocenters. The lowest BCUT2D eigenvalue weighted by Crippen LogP contribution is -2.53. The Bertz CT molecular complexity index is 447. The standard InChI is InChI=1S/C12H14IN3O2/c13-8-1-3-9(4-2-8)16-11(17)7-10-12(18)15-6-5-14-10/h1-4,10,14H,5-7H2,(H,15,18)(H,16,17). The van der Waals surface area contributed by atoms with Crippen molar-refractivity contribution in [3.05, 3.63) is 27.8 Å². The first-order chi connectivity index (χ1) is 8.65. The summed E-state index contributed by atoms with van der Waals surface area (Å²) in [5.74, 6) is -0.273. The molecule has 2 rings (SSSR count). The van der Waals surface area contributed by atoms with Gasteiger partial charge in [0.2, 0.25) is 11.8 Å². The highest BCUT2D eigenvalue weighted by atomic mass is 127. The van der Waals surface area contributed by atoms with Gasteiger partial charge in [0.1, 0.15) is 0 Å². The largest absolute Gasteiger partial charge is 0.353 e. The van der Waals surface area contributed by atoms with Crippen LogP contribution in [0.1, 0.15) is 6.42 Å². The Labute approximate surface area is 119 Å². The molecule has 1 aromatic rings. The van der Waals surface area contributed by atoms with Crippen LogP contribution in [0.3, 0.4) is 0 Å². The Morgan fingerprint density at radius 3 is 2.72 bits per heavy atom. The molecule has 1 atom stereocenters. The second-order valence-corrected chi connectivity index (χ2v) is 5.30. The average molecular weight is 359 g/mol. The summed E-state index contributed by atoms with van der Waals surface area (Å²) in [6.07, 6.45) is 0.151. The molecule has 5 nitrogen and oxygen atoms in total.